The lowest BCUT2D eigenvalue weighted by molar-refractivity contribution is 0.420. The zero-order valence-electron chi connectivity index (χ0n) is 11.8. The highest BCUT2D eigenvalue weighted by Crippen LogP contribution is 2.07. The second kappa shape index (κ2) is 17.8. The van der Waals surface area contributed by atoms with Gasteiger partial charge in [-0.05, 0) is 31.5 Å². The molecule has 0 heterocycles. The molecule has 5 heteroatoms. The zero-order valence-corrected chi connectivity index (χ0v) is 12.9. The Bertz CT molecular complexity index is 236. The van der Waals surface area contributed by atoms with E-state index in [9.17, 15) is 0 Å². The molecule has 0 aliphatic carbocycles. The Morgan fingerprint density at radius 1 is 1.00 bits per heavy atom. The van der Waals surface area contributed by atoms with Crippen LogP contribution in [0.25, 0.3) is 0 Å². The average Bonchev–Trinajstić information content (AvgIpc) is 2.39. The molecule has 3 nitrogen and oxygen atoms in total. The first-order chi connectivity index (χ1) is 8.15. The van der Waals surface area contributed by atoms with Crippen LogP contribution >= 0.6 is 9.47 Å². The molecule has 0 aromatic rings. The molecule has 0 aromatic carbocycles. The first-order valence-electron chi connectivity index (χ1n) is 5.89. The topological polar surface area (TPSA) is 49.7 Å². The van der Waals surface area contributed by atoms with Crippen molar-refractivity contribution in [3.8, 4) is 0 Å². The smallest absolute Gasteiger partial charge is 0.481 e. The van der Waals surface area contributed by atoms with Crippen molar-refractivity contribution in [2.45, 2.75) is 41.5 Å². The molecule has 0 saturated heterocycles. The van der Waals surface area contributed by atoms with E-state index in [0.717, 1.165) is 0 Å². The molecule has 0 saturated carbocycles. The maximum Gasteiger partial charge on any atom is 0.488 e. The van der Waals surface area contributed by atoms with E-state index in [4.69, 9.17) is 14.6 Å². The van der Waals surface area contributed by atoms with Crippen molar-refractivity contribution in [3.05, 3.63) is 35.5 Å². The van der Waals surface area contributed by atoms with Crippen molar-refractivity contribution in [2.24, 2.45) is 0 Å². The summed E-state index contributed by atoms with van der Waals surface area (Å²) in [5.74, 6) is 0.644. The van der Waals surface area contributed by atoms with Gasteiger partial charge in [-0.25, -0.2) is 0 Å². The van der Waals surface area contributed by atoms with Crippen molar-refractivity contribution in [2.75, 3.05) is 0 Å². The van der Waals surface area contributed by atoms with Crippen molar-refractivity contribution >= 4 is 16.6 Å². The Hall–Kier alpha value is -0.565. The summed E-state index contributed by atoms with van der Waals surface area (Å²) >= 11 is 0. The standard InChI is InChI=1S/C8H14BO3P.2C2H6/c1-3-7(9(10)11)5-6-8(4-2)12-13;2*1-2/h3-6,10-11H,13H2,1-2H3;2*1-2H3/b6-5-,7-3+,8-4+;;. The van der Waals surface area contributed by atoms with E-state index in [1.54, 1.807) is 31.2 Å². The highest BCUT2D eigenvalue weighted by Gasteiger charge is 2.09. The normalized spacial score (nSPS) is 11.1. The average molecular weight is 260 g/mol. The molecule has 100 valence electrons. The second-order valence-electron chi connectivity index (χ2n) is 2.30. The molecule has 0 spiro atoms. The van der Waals surface area contributed by atoms with Gasteiger partial charge in [-0.2, -0.15) is 0 Å². The minimum absolute atomic E-state index is 0.432. The molecule has 17 heavy (non-hydrogen) atoms. The van der Waals surface area contributed by atoms with Gasteiger partial charge >= 0.3 is 7.12 Å². The Balaban J connectivity index is -0.000000439. The molecule has 0 amide bonds. The Morgan fingerprint density at radius 2 is 1.47 bits per heavy atom. The maximum atomic E-state index is 8.84. The largest absolute Gasteiger partial charge is 0.488 e. The number of hydrogen-bond donors (Lipinski definition) is 2. The van der Waals surface area contributed by atoms with Gasteiger partial charge in [-0.3, -0.25) is 0 Å². The van der Waals surface area contributed by atoms with Crippen LogP contribution in [0.5, 0.6) is 0 Å². The van der Waals surface area contributed by atoms with Gasteiger partial charge in [0.05, 0.1) is 9.47 Å². The first-order valence-corrected chi connectivity index (χ1v) is 6.36. The van der Waals surface area contributed by atoms with Crippen molar-refractivity contribution in [3.63, 3.8) is 0 Å². The Labute approximate surface area is 109 Å². The van der Waals surface area contributed by atoms with E-state index in [0.29, 0.717) is 11.2 Å². The van der Waals surface area contributed by atoms with Crippen LogP contribution in [0.4, 0.5) is 0 Å². The molecule has 0 fully saturated rings. The predicted molar refractivity (Wildman–Crippen MR) is 80.3 cm³/mol. The number of hydrogen-bond acceptors (Lipinski definition) is 3. The summed E-state index contributed by atoms with van der Waals surface area (Å²) in [6.45, 7) is 11.6. The van der Waals surface area contributed by atoms with Crippen LogP contribution in [0.15, 0.2) is 35.5 Å². The third kappa shape index (κ3) is 13.4. The number of rotatable bonds is 4. The minimum Gasteiger partial charge on any atom is -0.481 e. The monoisotopic (exact) mass is 260 g/mol. The van der Waals surface area contributed by atoms with Gasteiger partial charge in [-0.15, -0.1) is 0 Å². The van der Waals surface area contributed by atoms with Gasteiger partial charge in [0, 0.05) is 0 Å². The fourth-order valence-corrected chi connectivity index (χ4v) is 0.928. The summed E-state index contributed by atoms with van der Waals surface area (Å²) < 4.78 is 4.87. The second-order valence-corrected chi connectivity index (χ2v) is 2.54. The molecular formula is C12H26BO3P. The highest BCUT2D eigenvalue weighted by atomic mass is 31.0. The molecule has 0 aliphatic heterocycles. The van der Waals surface area contributed by atoms with E-state index in [1.165, 1.54) is 0 Å². The summed E-state index contributed by atoms with van der Waals surface area (Å²) in [5, 5.41) is 17.7. The van der Waals surface area contributed by atoms with Crippen LogP contribution in [-0.4, -0.2) is 17.2 Å². The fraction of sp³-hybridized carbons (Fsp3) is 0.500. The maximum absolute atomic E-state index is 8.84. The molecule has 0 aliphatic rings. The Morgan fingerprint density at radius 3 is 1.71 bits per heavy atom. The van der Waals surface area contributed by atoms with E-state index in [-0.39, 0.29) is 0 Å². The van der Waals surface area contributed by atoms with Crippen molar-refractivity contribution in [1.82, 2.24) is 0 Å². The molecule has 0 rings (SSSR count). The molecule has 0 aromatic heterocycles. The van der Waals surface area contributed by atoms with Gasteiger partial charge < -0.3 is 14.6 Å². The molecule has 0 bridgehead atoms. The molecular weight excluding hydrogens is 234 g/mol. The predicted octanol–water partition coefficient (Wildman–Crippen LogP) is 3.26. The summed E-state index contributed by atoms with van der Waals surface area (Å²) in [5.41, 5.74) is 0.432. The van der Waals surface area contributed by atoms with Crippen LogP contribution in [0.3, 0.4) is 0 Å². The van der Waals surface area contributed by atoms with Crippen LogP contribution in [-0.2, 0) is 4.52 Å². The molecule has 0 radical (unpaired) electrons. The van der Waals surface area contributed by atoms with Crippen LogP contribution < -0.4 is 0 Å². The van der Waals surface area contributed by atoms with Gasteiger partial charge in [0.15, 0.2) is 0 Å². The quantitative estimate of drug-likeness (QED) is 0.353. The zero-order chi connectivity index (χ0) is 14.3. The van der Waals surface area contributed by atoms with Gasteiger partial charge in [0.25, 0.3) is 0 Å². The van der Waals surface area contributed by atoms with E-state index < -0.39 is 7.12 Å². The number of allylic oxidation sites excluding steroid dienone is 5. The van der Waals surface area contributed by atoms with Gasteiger partial charge in [0.1, 0.15) is 5.76 Å². The van der Waals surface area contributed by atoms with Crippen molar-refractivity contribution < 1.29 is 14.6 Å². The third-order valence-electron chi connectivity index (χ3n) is 1.49. The molecule has 1 atom stereocenters. The first kappa shape index (κ1) is 21.7. The summed E-state index contributed by atoms with van der Waals surface area (Å²) in [6.07, 6.45) is 6.63. The van der Waals surface area contributed by atoms with Crippen molar-refractivity contribution in [1.29, 1.82) is 0 Å². The minimum atomic E-state index is -1.44. The lowest BCUT2D eigenvalue weighted by Gasteiger charge is -2.00. The molecule has 2 N–H and O–H groups in total. The highest BCUT2D eigenvalue weighted by molar-refractivity contribution is 7.10. The lowest BCUT2D eigenvalue weighted by atomic mass is 9.79. The fourth-order valence-electron chi connectivity index (χ4n) is 0.713. The van der Waals surface area contributed by atoms with E-state index >= 15 is 0 Å². The molecule has 1 unspecified atom stereocenters. The Kier molecular flexibility index (Phi) is 22.7. The van der Waals surface area contributed by atoms with Gasteiger partial charge in [-0.1, -0.05) is 39.8 Å². The van der Waals surface area contributed by atoms with Gasteiger partial charge in [0.2, 0.25) is 0 Å². The third-order valence-corrected chi connectivity index (χ3v) is 1.76. The van der Waals surface area contributed by atoms with E-state index in [2.05, 4.69) is 9.47 Å². The van der Waals surface area contributed by atoms with Crippen LogP contribution in [0.2, 0.25) is 0 Å². The summed E-state index contributed by atoms with van der Waals surface area (Å²) in [6, 6.07) is 0. The van der Waals surface area contributed by atoms with Crippen LogP contribution in [0.1, 0.15) is 41.5 Å². The summed E-state index contributed by atoms with van der Waals surface area (Å²) in [7, 11) is 0.680. The summed E-state index contributed by atoms with van der Waals surface area (Å²) in [4.78, 5) is 0. The SMILES string of the molecule is CC.CC.C\C=C(/C=C\C(=C/C)OP)B(O)O. The van der Waals surface area contributed by atoms with Crippen LogP contribution in [0, 0.1) is 0 Å². The lowest BCUT2D eigenvalue weighted by Crippen LogP contribution is -2.13. The van der Waals surface area contributed by atoms with E-state index in [1.807, 2.05) is 34.6 Å².